The first kappa shape index (κ1) is 8.53. The minimum Gasteiger partial charge on any atom is -0.385 e. The van der Waals surface area contributed by atoms with Crippen LogP contribution in [0.1, 0.15) is 0 Å². The molecule has 1 aromatic rings. The molecule has 0 amide bonds. The largest absolute Gasteiger partial charge is 0.385 e. The Morgan fingerprint density at radius 3 is 2.54 bits per heavy atom. The molecule has 1 aliphatic rings. The third kappa shape index (κ3) is 1.99. The van der Waals surface area contributed by atoms with Crippen LogP contribution in [0.5, 0.6) is 0 Å². The van der Waals surface area contributed by atoms with E-state index >= 15 is 0 Å². The van der Waals surface area contributed by atoms with Gasteiger partial charge in [-0.1, -0.05) is 18.2 Å². The molecule has 0 radical (unpaired) electrons. The molecule has 0 saturated carbocycles. The number of benzene rings is 1. The quantitative estimate of drug-likeness (QED) is 0.629. The minimum absolute atomic E-state index is 0.546. The molecule has 1 fully saturated rings. The predicted molar refractivity (Wildman–Crippen MR) is 52.8 cm³/mol. The highest BCUT2D eigenvalue weighted by Crippen LogP contribution is 2.12. The van der Waals surface area contributed by atoms with E-state index in [1.165, 1.54) is 0 Å². The molecule has 1 aliphatic heterocycles. The van der Waals surface area contributed by atoms with E-state index in [1.54, 1.807) is 0 Å². The van der Waals surface area contributed by atoms with Crippen molar-refractivity contribution in [2.24, 2.45) is 0 Å². The van der Waals surface area contributed by atoms with Gasteiger partial charge < -0.3 is 15.7 Å². The van der Waals surface area contributed by atoms with E-state index in [0.717, 1.165) is 5.69 Å². The summed E-state index contributed by atoms with van der Waals surface area (Å²) in [4.78, 5) is 0. The lowest BCUT2D eigenvalue weighted by atomic mass is 9.97. The zero-order valence-electron chi connectivity index (χ0n) is 7.46. The van der Waals surface area contributed by atoms with Crippen molar-refractivity contribution in [3.05, 3.63) is 30.3 Å². The molecular weight excluding hydrogens is 164 g/mol. The van der Waals surface area contributed by atoms with Gasteiger partial charge in [-0.2, -0.15) is 0 Å². The molecule has 0 spiro atoms. The molecule has 3 nitrogen and oxygen atoms in total. The van der Waals surface area contributed by atoms with E-state index in [2.05, 4.69) is 10.6 Å². The van der Waals surface area contributed by atoms with Crippen LogP contribution in [-0.2, 0) is 0 Å². The molecule has 3 heteroatoms. The highest BCUT2D eigenvalue weighted by molar-refractivity contribution is 5.42. The van der Waals surface area contributed by atoms with Gasteiger partial charge in [0.05, 0.1) is 0 Å². The summed E-state index contributed by atoms with van der Waals surface area (Å²) >= 11 is 0. The van der Waals surface area contributed by atoms with E-state index in [0.29, 0.717) is 19.6 Å². The van der Waals surface area contributed by atoms with Crippen molar-refractivity contribution in [1.29, 1.82) is 0 Å². The standard InChI is InChI=1S/C10H14N2O/c13-10(6-11-7-10)8-12-9-4-2-1-3-5-9/h1-5,11-13H,6-8H2. The van der Waals surface area contributed by atoms with Gasteiger partial charge in [0.2, 0.25) is 0 Å². The van der Waals surface area contributed by atoms with Crippen LogP contribution >= 0.6 is 0 Å². The highest BCUT2D eigenvalue weighted by Gasteiger charge is 2.33. The molecule has 1 aromatic carbocycles. The van der Waals surface area contributed by atoms with Crippen LogP contribution in [0, 0.1) is 0 Å². The van der Waals surface area contributed by atoms with Crippen molar-refractivity contribution in [2.45, 2.75) is 5.60 Å². The van der Waals surface area contributed by atoms with E-state index in [1.807, 2.05) is 30.3 Å². The molecule has 0 bridgehead atoms. The van der Waals surface area contributed by atoms with E-state index in [9.17, 15) is 5.11 Å². The Morgan fingerprint density at radius 2 is 2.00 bits per heavy atom. The third-order valence-corrected chi connectivity index (χ3v) is 2.30. The molecule has 13 heavy (non-hydrogen) atoms. The van der Waals surface area contributed by atoms with Crippen LogP contribution < -0.4 is 10.6 Å². The van der Waals surface area contributed by atoms with Gasteiger partial charge in [0, 0.05) is 25.3 Å². The lowest BCUT2D eigenvalue weighted by Gasteiger charge is -2.37. The normalized spacial score (nSPS) is 19.2. The van der Waals surface area contributed by atoms with Crippen LogP contribution in [0.3, 0.4) is 0 Å². The molecular formula is C10H14N2O. The summed E-state index contributed by atoms with van der Waals surface area (Å²) in [6, 6.07) is 9.92. The smallest absolute Gasteiger partial charge is 0.107 e. The number of hydrogen-bond acceptors (Lipinski definition) is 3. The maximum Gasteiger partial charge on any atom is 0.107 e. The van der Waals surface area contributed by atoms with Crippen molar-refractivity contribution in [3.8, 4) is 0 Å². The van der Waals surface area contributed by atoms with Gasteiger partial charge in [-0.3, -0.25) is 0 Å². The van der Waals surface area contributed by atoms with Crippen molar-refractivity contribution in [3.63, 3.8) is 0 Å². The first-order valence-corrected chi connectivity index (χ1v) is 4.51. The molecule has 0 atom stereocenters. The van der Waals surface area contributed by atoms with Crippen molar-refractivity contribution in [1.82, 2.24) is 5.32 Å². The van der Waals surface area contributed by atoms with Crippen molar-refractivity contribution < 1.29 is 5.11 Å². The molecule has 1 saturated heterocycles. The number of hydrogen-bond donors (Lipinski definition) is 3. The van der Waals surface area contributed by atoms with Crippen LogP contribution in [-0.4, -0.2) is 30.3 Å². The Bertz CT molecular complexity index is 270. The lowest BCUT2D eigenvalue weighted by Crippen LogP contribution is -2.62. The minimum atomic E-state index is -0.546. The zero-order valence-corrected chi connectivity index (χ0v) is 7.46. The molecule has 1 heterocycles. The maximum atomic E-state index is 9.75. The SMILES string of the molecule is OC1(CNc2ccccc2)CNC1. The van der Waals surface area contributed by atoms with E-state index < -0.39 is 5.60 Å². The molecule has 0 aliphatic carbocycles. The van der Waals surface area contributed by atoms with Gasteiger partial charge in [0.25, 0.3) is 0 Å². The van der Waals surface area contributed by atoms with Gasteiger partial charge >= 0.3 is 0 Å². The van der Waals surface area contributed by atoms with Crippen LogP contribution in [0.15, 0.2) is 30.3 Å². The fourth-order valence-corrected chi connectivity index (χ4v) is 1.36. The fraction of sp³-hybridized carbons (Fsp3) is 0.400. The number of nitrogens with one attached hydrogen (secondary N) is 2. The lowest BCUT2D eigenvalue weighted by molar-refractivity contribution is 0.00313. The van der Waals surface area contributed by atoms with E-state index in [4.69, 9.17) is 0 Å². The average Bonchev–Trinajstić information content (AvgIpc) is 2.13. The Hall–Kier alpha value is -1.06. The number of β-amino-alcohol motifs (C(OH)–C–C–N with tert-alkyl or cyclic N) is 1. The molecule has 0 unspecified atom stereocenters. The number of aliphatic hydroxyl groups is 1. The summed E-state index contributed by atoms with van der Waals surface area (Å²) in [5.74, 6) is 0. The summed E-state index contributed by atoms with van der Waals surface area (Å²) < 4.78 is 0. The second-order valence-electron chi connectivity index (χ2n) is 3.55. The van der Waals surface area contributed by atoms with Crippen LogP contribution in [0.2, 0.25) is 0 Å². The summed E-state index contributed by atoms with van der Waals surface area (Å²) in [5.41, 5.74) is 0.512. The molecule has 2 rings (SSSR count). The van der Waals surface area contributed by atoms with E-state index in [-0.39, 0.29) is 0 Å². The third-order valence-electron chi connectivity index (χ3n) is 2.30. The monoisotopic (exact) mass is 178 g/mol. The van der Waals surface area contributed by atoms with Crippen LogP contribution in [0.4, 0.5) is 5.69 Å². The summed E-state index contributed by atoms with van der Waals surface area (Å²) in [6.07, 6.45) is 0. The van der Waals surface area contributed by atoms with Gasteiger partial charge in [-0.15, -0.1) is 0 Å². The molecule has 3 N–H and O–H groups in total. The second kappa shape index (κ2) is 3.36. The number of anilines is 1. The topological polar surface area (TPSA) is 44.3 Å². The molecule has 0 aromatic heterocycles. The van der Waals surface area contributed by atoms with Gasteiger partial charge in [-0.25, -0.2) is 0 Å². The Balaban J connectivity index is 1.86. The zero-order chi connectivity index (χ0) is 9.15. The Morgan fingerprint density at radius 1 is 1.31 bits per heavy atom. The second-order valence-corrected chi connectivity index (χ2v) is 3.55. The summed E-state index contributed by atoms with van der Waals surface area (Å²) in [7, 11) is 0. The number of rotatable bonds is 3. The first-order chi connectivity index (χ1) is 6.29. The fourth-order valence-electron chi connectivity index (χ4n) is 1.36. The Kier molecular flexibility index (Phi) is 2.20. The van der Waals surface area contributed by atoms with Crippen LogP contribution in [0.25, 0.3) is 0 Å². The highest BCUT2D eigenvalue weighted by atomic mass is 16.3. The van der Waals surface area contributed by atoms with Gasteiger partial charge in [0.1, 0.15) is 5.60 Å². The maximum absolute atomic E-state index is 9.75. The average molecular weight is 178 g/mol. The van der Waals surface area contributed by atoms with Gasteiger partial charge in [0.15, 0.2) is 0 Å². The first-order valence-electron chi connectivity index (χ1n) is 4.51. The number of para-hydroxylation sites is 1. The van der Waals surface area contributed by atoms with Gasteiger partial charge in [-0.05, 0) is 12.1 Å². The van der Waals surface area contributed by atoms with Crippen molar-refractivity contribution in [2.75, 3.05) is 25.0 Å². The summed E-state index contributed by atoms with van der Waals surface area (Å²) in [6.45, 7) is 1.99. The van der Waals surface area contributed by atoms with Crippen molar-refractivity contribution >= 4 is 5.69 Å². The molecule has 70 valence electrons. The Labute approximate surface area is 77.8 Å². The predicted octanol–water partition coefficient (Wildman–Crippen LogP) is 0.433. The summed E-state index contributed by atoms with van der Waals surface area (Å²) in [5, 5.41) is 16.0.